The fourth-order valence-electron chi connectivity index (χ4n) is 2.92. The Morgan fingerprint density at radius 2 is 1.79 bits per heavy atom. The van der Waals surface area contributed by atoms with Crippen LogP contribution in [0.25, 0.3) is 0 Å². The number of hydrogen-bond donors (Lipinski definition) is 2. The summed E-state index contributed by atoms with van der Waals surface area (Å²) in [5, 5.41) is 2.53. The highest BCUT2D eigenvalue weighted by Gasteiger charge is 2.31. The molecule has 0 aliphatic carbocycles. The number of aromatic nitrogens is 1. The van der Waals surface area contributed by atoms with Gasteiger partial charge in [-0.25, -0.2) is 4.98 Å². The monoisotopic (exact) mass is 495 g/mol. The molecule has 3 rings (SSSR count). The van der Waals surface area contributed by atoms with Crippen molar-refractivity contribution in [2.75, 3.05) is 12.9 Å². The Labute approximate surface area is 196 Å². The number of amides is 2. The molecule has 0 unspecified atom stereocenters. The van der Waals surface area contributed by atoms with Gasteiger partial charge in [0, 0.05) is 11.3 Å². The number of nitrogens with two attached hydrogens (primary N) is 1. The Hall–Kier alpha value is -3.67. The van der Waals surface area contributed by atoms with E-state index in [-0.39, 0.29) is 29.6 Å². The molecule has 2 amide bonds. The first-order chi connectivity index (χ1) is 16.1. The summed E-state index contributed by atoms with van der Waals surface area (Å²) in [6, 6.07) is 12.2. The molecular weight excluding hydrogens is 475 g/mol. The number of alkyl halides is 3. The number of carbonyl (C=O) groups is 2. The quantitative estimate of drug-likeness (QED) is 0.412. The molecule has 0 aliphatic rings. The summed E-state index contributed by atoms with van der Waals surface area (Å²) < 4.78 is 51.2. The lowest BCUT2D eigenvalue weighted by molar-refractivity contribution is -0.274. The standard InChI is InChI=1S/C22H20F3N3O5S/c1-34-17-5-3-2-4-13(17)10-16-20(21(26)30)28-19(32-16)11-27-18(29)12-31-14-6-8-15(9-7-14)33-22(23,24)25/h2-9H,10-12H2,1H3,(H2,26,30)(H,27,29). The number of rotatable bonds is 10. The molecular formula is C22H20F3N3O5S. The summed E-state index contributed by atoms with van der Waals surface area (Å²) in [6.07, 6.45) is -2.57. The summed E-state index contributed by atoms with van der Waals surface area (Å²) in [5.74, 6) is -1.15. The molecule has 0 saturated heterocycles. The van der Waals surface area contributed by atoms with E-state index in [0.717, 1.165) is 22.6 Å². The van der Waals surface area contributed by atoms with E-state index in [1.807, 2.05) is 30.5 Å². The van der Waals surface area contributed by atoms with Crippen LogP contribution in [0.15, 0.2) is 57.8 Å². The summed E-state index contributed by atoms with van der Waals surface area (Å²) in [4.78, 5) is 29.0. The van der Waals surface area contributed by atoms with Gasteiger partial charge in [-0.15, -0.1) is 24.9 Å². The van der Waals surface area contributed by atoms with E-state index in [2.05, 4.69) is 15.0 Å². The minimum atomic E-state index is -4.80. The molecule has 0 aliphatic heterocycles. The molecule has 180 valence electrons. The highest BCUT2D eigenvalue weighted by Crippen LogP contribution is 2.25. The highest BCUT2D eigenvalue weighted by molar-refractivity contribution is 7.98. The van der Waals surface area contributed by atoms with E-state index < -0.39 is 30.5 Å². The molecule has 0 spiro atoms. The molecule has 1 heterocycles. The van der Waals surface area contributed by atoms with Crippen molar-refractivity contribution in [1.82, 2.24) is 10.3 Å². The van der Waals surface area contributed by atoms with Crippen molar-refractivity contribution in [1.29, 1.82) is 0 Å². The Morgan fingerprint density at radius 3 is 2.44 bits per heavy atom. The summed E-state index contributed by atoms with van der Waals surface area (Å²) in [7, 11) is 0. The number of nitrogens with one attached hydrogen (secondary N) is 1. The van der Waals surface area contributed by atoms with Crippen molar-refractivity contribution in [3.05, 3.63) is 71.4 Å². The number of carbonyl (C=O) groups excluding carboxylic acids is 2. The van der Waals surface area contributed by atoms with E-state index in [0.29, 0.717) is 6.42 Å². The first-order valence-electron chi connectivity index (χ1n) is 9.80. The first-order valence-corrected chi connectivity index (χ1v) is 11.0. The fourth-order valence-corrected chi connectivity index (χ4v) is 3.54. The van der Waals surface area contributed by atoms with Crippen molar-refractivity contribution in [3.8, 4) is 11.5 Å². The third-order valence-corrected chi connectivity index (χ3v) is 5.22. The van der Waals surface area contributed by atoms with Gasteiger partial charge in [0.05, 0.1) is 6.54 Å². The van der Waals surface area contributed by atoms with Gasteiger partial charge in [0.25, 0.3) is 11.8 Å². The lowest BCUT2D eigenvalue weighted by Gasteiger charge is -2.10. The van der Waals surface area contributed by atoms with Crippen molar-refractivity contribution in [2.24, 2.45) is 5.73 Å². The number of nitrogens with zero attached hydrogens (tertiary/aromatic N) is 1. The molecule has 34 heavy (non-hydrogen) atoms. The van der Waals surface area contributed by atoms with Crippen LogP contribution in [0.5, 0.6) is 11.5 Å². The number of halogens is 3. The third kappa shape index (κ3) is 7.17. The van der Waals surface area contributed by atoms with E-state index in [4.69, 9.17) is 14.9 Å². The zero-order valence-corrected chi connectivity index (χ0v) is 18.7. The van der Waals surface area contributed by atoms with Crippen LogP contribution in [0.3, 0.4) is 0 Å². The van der Waals surface area contributed by atoms with Gasteiger partial charge in [-0.1, -0.05) is 18.2 Å². The average Bonchev–Trinajstić information content (AvgIpc) is 3.19. The zero-order chi connectivity index (χ0) is 24.7. The van der Waals surface area contributed by atoms with Gasteiger partial charge in [0.1, 0.15) is 17.3 Å². The van der Waals surface area contributed by atoms with Gasteiger partial charge in [0.2, 0.25) is 5.89 Å². The molecule has 8 nitrogen and oxygen atoms in total. The maximum absolute atomic E-state index is 12.2. The molecule has 0 bridgehead atoms. The second-order valence-electron chi connectivity index (χ2n) is 6.82. The fraction of sp³-hybridized carbons (Fsp3) is 0.227. The van der Waals surface area contributed by atoms with Gasteiger partial charge in [-0.3, -0.25) is 9.59 Å². The minimum absolute atomic E-state index is 0.0161. The Bertz CT molecular complexity index is 1150. The zero-order valence-electron chi connectivity index (χ0n) is 17.8. The van der Waals surface area contributed by atoms with Gasteiger partial charge < -0.3 is 24.9 Å². The minimum Gasteiger partial charge on any atom is -0.484 e. The number of primary amides is 1. The molecule has 1 aromatic heterocycles. The summed E-state index contributed by atoms with van der Waals surface area (Å²) >= 11 is 1.55. The second-order valence-corrected chi connectivity index (χ2v) is 7.66. The van der Waals surface area contributed by atoms with Crippen molar-refractivity contribution >= 4 is 23.6 Å². The van der Waals surface area contributed by atoms with Gasteiger partial charge in [-0.2, -0.15) is 0 Å². The maximum atomic E-state index is 12.2. The van der Waals surface area contributed by atoms with Crippen LogP contribution in [0, 0.1) is 0 Å². The molecule has 2 aromatic carbocycles. The maximum Gasteiger partial charge on any atom is 0.573 e. The molecule has 0 fully saturated rings. The van der Waals surface area contributed by atoms with Crippen LogP contribution in [-0.2, 0) is 17.8 Å². The van der Waals surface area contributed by atoms with Crippen LogP contribution in [0.4, 0.5) is 13.2 Å². The van der Waals surface area contributed by atoms with Crippen LogP contribution in [0.2, 0.25) is 0 Å². The molecule has 12 heteroatoms. The molecule has 0 saturated carbocycles. The lowest BCUT2D eigenvalue weighted by Crippen LogP contribution is -2.28. The number of hydrogen-bond acceptors (Lipinski definition) is 7. The Balaban J connectivity index is 1.56. The molecule has 3 N–H and O–H groups in total. The third-order valence-electron chi connectivity index (χ3n) is 4.38. The van der Waals surface area contributed by atoms with Crippen LogP contribution in [0.1, 0.15) is 27.7 Å². The number of thioether (sulfide) groups is 1. The van der Waals surface area contributed by atoms with Crippen LogP contribution >= 0.6 is 11.8 Å². The Kier molecular flexibility index (Phi) is 8.05. The van der Waals surface area contributed by atoms with Crippen molar-refractivity contribution in [2.45, 2.75) is 24.2 Å². The van der Waals surface area contributed by atoms with E-state index >= 15 is 0 Å². The van der Waals surface area contributed by atoms with Crippen molar-refractivity contribution < 1.29 is 36.7 Å². The van der Waals surface area contributed by atoms with Gasteiger partial charge >= 0.3 is 6.36 Å². The first kappa shape index (κ1) is 25.0. The highest BCUT2D eigenvalue weighted by atomic mass is 32.2. The number of ether oxygens (including phenoxy) is 2. The van der Waals surface area contributed by atoms with Crippen LogP contribution < -0.4 is 20.5 Å². The smallest absolute Gasteiger partial charge is 0.484 e. The number of benzene rings is 2. The normalized spacial score (nSPS) is 11.2. The number of oxazole rings is 1. The molecule has 0 atom stereocenters. The predicted molar refractivity (Wildman–Crippen MR) is 117 cm³/mol. The Morgan fingerprint density at radius 1 is 1.12 bits per heavy atom. The predicted octanol–water partition coefficient (Wildman–Crippen LogP) is 3.68. The van der Waals surface area contributed by atoms with Crippen molar-refractivity contribution in [3.63, 3.8) is 0 Å². The topological polar surface area (TPSA) is 117 Å². The van der Waals surface area contributed by atoms with Gasteiger partial charge in [0.15, 0.2) is 12.3 Å². The molecule has 3 aromatic rings. The van der Waals surface area contributed by atoms with Crippen LogP contribution in [-0.4, -0.2) is 36.0 Å². The van der Waals surface area contributed by atoms with E-state index in [1.165, 1.54) is 12.1 Å². The lowest BCUT2D eigenvalue weighted by atomic mass is 10.1. The summed E-state index contributed by atoms with van der Waals surface area (Å²) in [5.41, 5.74) is 6.34. The van der Waals surface area contributed by atoms with E-state index in [9.17, 15) is 22.8 Å². The average molecular weight is 495 g/mol. The molecule has 0 radical (unpaired) electrons. The largest absolute Gasteiger partial charge is 0.573 e. The SMILES string of the molecule is CSc1ccccc1Cc1oc(CNC(=O)COc2ccc(OC(F)(F)F)cc2)nc1C(N)=O. The van der Waals surface area contributed by atoms with E-state index in [1.54, 1.807) is 11.8 Å². The van der Waals surface area contributed by atoms with Gasteiger partial charge in [-0.05, 0) is 42.2 Å². The summed E-state index contributed by atoms with van der Waals surface area (Å²) in [6.45, 7) is -0.526. The second kappa shape index (κ2) is 11.0.